The average Bonchev–Trinajstić information content (AvgIpc) is 2.53. The summed E-state index contributed by atoms with van der Waals surface area (Å²) in [6.07, 6.45) is -1.73. The molecule has 0 aromatic heterocycles. The highest BCUT2D eigenvalue weighted by Gasteiger charge is 2.52. The molecule has 0 aliphatic rings. The molecule has 0 fully saturated rings. The minimum absolute atomic E-state index is 0.0434. The zero-order chi connectivity index (χ0) is 23.1. The molecule has 10 heteroatoms. The van der Waals surface area contributed by atoms with Crippen LogP contribution < -0.4 is 5.32 Å². The van der Waals surface area contributed by atoms with E-state index in [0.717, 1.165) is 0 Å². The van der Waals surface area contributed by atoms with Gasteiger partial charge < -0.3 is 28.5 Å². The molecule has 8 nitrogen and oxygen atoms in total. The maximum Gasteiger partial charge on any atom is 0.348 e. The SMILES string of the molecule is CC(C)OP(=O)(OC(C)C)C(CNc1ccc(O)cc1)P(=O)(OC(C)C)OC(C)C. The molecule has 0 saturated heterocycles. The van der Waals surface area contributed by atoms with Crippen molar-refractivity contribution in [2.75, 3.05) is 11.9 Å². The highest BCUT2D eigenvalue weighted by atomic mass is 31.2. The zero-order valence-corrected chi connectivity index (χ0v) is 21.0. The predicted molar refractivity (Wildman–Crippen MR) is 120 cm³/mol. The van der Waals surface area contributed by atoms with Gasteiger partial charge in [0.1, 0.15) is 5.75 Å². The number of aromatic hydroxyl groups is 1. The molecule has 0 spiro atoms. The van der Waals surface area contributed by atoms with Gasteiger partial charge in [0.15, 0.2) is 5.40 Å². The Balaban J connectivity index is 3.43. The summed E-state index contributed by atoms with van der Waals surface area (Å²) in [4.78, 5) is 0. The van der Waals surface area contributed by atoms with Crippen LogP contribution in [0.5, 0.6) is 5.75 Å². The smallest absolute Gasteiger partial charge is 0.348 e. The van der Waals surface area contributed by atoms with E-state index >= 15 is 0 Å². The van der Waals surface area contributed by atoms with Crippen molar-refractivity contribution in [2.45, 2.75) is 85.2 Å². The summed E-state index contributed by atoms with van der Waals surface area (Å²) >= 11 is 0. The predicted octanol–water partition coefficient (Wildman–Crippen LogP) is 6.22. The Kier molecular flexibility index (Phi) is 10.6. The minimum atomic E-state index is -3.95. The molecule has 0 radical (unpaired) electrons. The van der Waals surface area contributed by atoms with Gasteiger partial charge in [-0.2, -0.15) is 0 Å². The molecule has 174 valence electrons. The van der Waals surface area contributed by atoms with E-state index in [-0.39, 0.29) is 12.3 Å². The Morgan fingerprint density at radius 1 is 0.733 bits per heavy atom. The van der Waals surface area contributed by atoms with Crippen molar-refractivity contribution in [3.8, 4) is 5.75 Å². The molecule has 30 heavy (non-hydrogen) atoms. The second-order valence-electron chi connectivity index (χ2n) is 8.10. The molecular weight excluding hydrogens is 428 g/mol. The van der Waals surface area contributed by atoms with E-state index in [1.54, 1.807) is 67.5 Å². The summed E-state index contributed by atoms with van der Waals surface area (Å²) in [5.74, 6) is 0.117. The van der Waals surface area contributed by atoms with Gasteiger partial charge in [-0.05, 0) is 79.7 Å². The summed E-state index contributed by atoms with van der Waals surface area (Å²) in [5.41, 5.74) is 0.638. The quantitative estimate of drug-likeness (QED) is 0.262. The molecule has 1 aromatic carbocycles. The summed E-state index contributed by atoms with van der Waals surface area (Å²) in [6.45, 7) is 13.8. The fraction of sp³-hybridized carbons (Fsp3) is 0.700. The number of benzene rings is 1. The number of phenolic OH excluding ortho intramolecular Hbond substituents is 1. The molecule has 0 unspecified atom stereocenters. The topological polar surface area (TPSA) is 103 Å². The molecule has 0 aliphatic heterocycles. The lowest BCUT2D eigenvalue weighted by atomic mass is 10.3. The summed E-state index contributed by atoms with van der Waals surface area (Å²) in [5, 5.41) is 11.4. The number of phenols is 1. The third-order valence-electron chi connectivity index (χ3n) is 3.52. The van der Waals surface area contributed by atoms with Crippen LogP contribution in [0, 0.1) is 0 Å². The normalized spacial score (nSPS) is 13.2. The molecule has 2 N–H and O–H groups in total. The molecule has 0 bridgehead atoms. The van der Waals surface area contributed by atoms with Crippen molar-refractivity contribution in [3.05, 3.63) is 24.3 Å². The Labute approximate surface area is 180 Å². The number of rotatable bonds is 13. The lowest BCUT2D eigenvalue weighted by Crippen LogP contribution is -2.29. The van der Waals surface area contributed by atoms with Gasteiger partial charge in [-0.25, -0.2) is 0 Å². The number of hydrogen-bond acceptors (Lipinski definition) is 8. The van der Waals surface area contributed by atoms with E-state index < -0.39 is 45.0 Å². The van der Waals surface area contributed by atoms with Crippen LogP contribution in [0.2, 0.25) is 0 Å². The van der Waals surface area contributed by atoms with Crippen molar-refractivity contribution in [1.29, 1.82) is 0 Å². The number of anilines is 1. The Morgan fingerprint density at radius 3 is 1.37 bits per heavy atom. The fourth-order valence-corrected chi connectivity index (χ4v) is 8.37. The molecule has 1 aromatic rings. The van der Waals surface area contributed by atoms with E-state index in [9.17, 15) is 14.2 Å². The van der Waals surface area contributed by atoms with Crippen LogP contribution in [0.25, 0.3) is 0 Å². The molecule has 0 amide bonds. The van der Waals surface area contributed by atoms with Crippen LogP contribution in [-0.2, 0) is 27.2 Å². The second kappa shape index (κ2) is 11.7. The van der Waals surface area contributed by atoms with Crippen molar-refractivity contribution in [3.63, 3.8) is 0 Å². The molecule has 1 rings (SSSR count). The maximum absolute atomic E-state index is 14.0. The van der Waals surface area contributed by atoms with Crippen molar-refractivity contribution >= 4 is 20.9 Å². The first-order valence-corrected chi connectivity index (χ1v) is 13.5. The summed E-state index contributed by atoms with van der Waals surface area (Å²) < 4.78 is 50.9. The maximum atomic E-state index is 14.0. The van der Waals surface area contributed by atoms with Gasteiger partial charge in [0.2, 0.25) is 0 Å². The van der Waals surface area contributed by atoms with Crippen LogP contribution in [0.3, 0.4) is 0 Å². The fourth-order valence-electron chi connectivity index (χ4n) is 2.69. The summed E-state index contributed by atoms with van der Waals surface area (Å²) in [7, 11) is -7.89. The van der Waals surface area contributed by atoms with Crippen molar-refractivity contribution in [1.82, 2.24) is 0 Å². The molecule has 0 aliphatic carbocycles. The largest absolute Gasteiger partial charge is 0.508 e. The zero-order valence-electron chi connectivity index (χ0n) is 19.2. The van der Waals surface area contributed by atoms with E-state index in [2.05, 4.69) is 5.32 Å². The van der Waals surface area contributed by atoms with Gasteiger partial charge in [-0.15, -0.1) is 0 Å². The third-order valence-corrected chi connectivity index (χ3v) is 9.90. The highest BCUT2D eigenvalue weighted by Crippen LogP contribution is 2.71. The number of nitrogens with one attached hydrogen (secondary N) is 1. The molecule has 0 heterocycles. The van der Waals surface area contributed by atoms with Crippen molar-refractivity contribution < 1.29 is 32.3 Å². The number of hydrogen-bond donors (Lipinski definition) is 2. The lowest BCUT2D eigenvalue weighted by Gasteiger charge is -2.35. The first-order valence-electron chi connectivity index (χ1n) is 10.2. The second-order valence-corrected chi connectivity index (χ2v) is 12.8. The average molecular weight is 465 g/mol. The molecule has 0 saturated carbocycles. The van der Waals surface area contributed by atoms with Gasteiger partial charge in [0.25, 0.3) is 0 Å². The van der Waals surface area contributed by atoms with Crippen LogP contribution in [-0.4, -0.2) is 41.5 Å². The Hall–Kier alpha value is -0.880. The van der Waals surface area contributed by atoms with E-state index in [1.807, 2.05) is 0 Å². The highest BCUT2D eigenvalue weighted by molar-refractivity contribution is 7.72. The first-order chi connectivity index (χ1) is 13.8. The third kappa shape index (κ3) is 8.70. The van der Waals surface area contributed by atoms with Crippen LogP contribution in [0.4, 0.5) is 5.69 Å². The van der Waals surface area contributed by atoms with Crippen LogP contribution in [0.15, 0.2) is 24.3 Å². The minimum Gasteiger partial charge on any atom is -0.508 e. The summed E-state index contributed by atoms with van der Waals surface area (Å²) in [6, 6.07) is 6.34. The first kappa shape index (κ1) is 27.2. The lowest BCUT2D eigenvalue weighted by molar-refractivity contribution is 0.123. The van der Waals surface area contributed by atoms with E-state index in [1.165, 1.54) is 12.1 Å². The van der Waals surface area contributed by atoms with Crippen LogP contribution >= 0.6 is 15.2 Å². The molecule has 0 atom stereocenters. The van der Waals surface area contributed by atoms with Gasteiger partial charge in [-0.3, -0.25) is 9.13 Å². The van der Waals surface area contributed by atoms with Crippen LogP contribution in [0.1, 0.15) is 55.4 Å². The standard InChI is InChI=1S/C20H37NO7P2/c1-14(2)25-29(23,26-15(3)4)20(13-21-18-9-11-19(22)12-10-18)30(24,27-16(5)6)28-17(7)8/h9-12,14-17,20-22H,13H2,1-8H3. The van der Waals surface area contributed by atoms with E-state index in [0.29, 0.717) is 5.69 Å². The monoisotopic (exact) mass is 465 g/mol. The van der Waals surface area contributed by atoms with Gasteiger partial charge >= 0.3 is 15.2 Å². The molecular formula is C20H37NO7P2. The Bertz CT molecular complexity index is 669. The van der Waals surface area contributed by atoms with Gasteiger partial charge in [0.05, 0.1) is 24.4 Å². The van der Waals surface area contributed by atoms with Crippen molar-refractivity contribution in [2.24, 2.45) is 0 Å². The van der Waals surface area contributed by atoms with Gasteiger partial charge in [0, 0.05) is 12.2 Å². The Morgan fingerprint density at radius 2 is 1.07 bits per heavy atom. The van der Waals surface area contributed by atoms with E-state index in [4.69, 9.17) is 18.1 Å². The van der Waals surface area contributed by atoms with Gasteiger partial charge in [-0.1, -0.05) is 0 Å².